The predicted octanol–water partition coefficient (Wildman–Crippen LogP) is 4.35. The molecule has 0 bridgehead atoms. The van der Waals surface area contributed by atoms with E-state index in [9.17, 15) is 0 Å². The zero-order valence-electron chi connectivity index (χ0n) is 11.1. The van der Waals surface area contributed by atoms with E-state index in [-0.39, 0.29) is 0 Å². The maximum atomic E-state index is 4.03. The third-order valence-electron chi connectivity index (χ3n) is 2.75. The second-order valence-corrected chi connectivity index (χ2v) is 5.61. The van der Waals surface area contributed by atoms with Crippen LogP contribution in [0.15, 0.2) is 24.0 Å². The Kier molecular flexibility index (Phi) is 4.29. The zero-order chi connectivity index (χ0) is 13.2. The summed E-state index contributed by atoms with van der Waals surface area (Å²) < 4.78 is 0. The Morgan fingerprint density at radius 2 is 1.88 bits per heavy atom. The van der Waals surface area contributed by atoms with Gasteiger partial charge in [-0.05, 0) is 44.4 Å². The summed E-state index contributed by atoms with van der Waals surface area (Å²) in [6.07, 6.45) is 0. The molecule has 2 nitrogen and oxygen atoms in total. The molecule has 0 N–H and O–H groups in total. The number of hydrogen-bond donors (Lipinski definition) is 0. The van der Waals surface area contributed by atoms with Crippen LogP contribution >= 0.6 is 11.3 Å². The summed E-state index contributed by atoms with van der Waals surface area (Å²) in [5, 5.41) is 5.80. The van der Waals surface area contributed by atoms with Gasteiger partial charge in [0.15, 0.2) is 0 Å². The third-order valence-corrected chi connectivity index (χ3v) is 3.95. The van der Waals surface area contributed by atoms with E-state index >= 15 is 0 Å². The van der Waals surface area contributed by atoms with Gasteiger partial charge in [0.25, 0.3) is 0 Å². The lowest BCUT2D eigenvalue weighted by Gasteiger charge is -2.17. The molecule has 0 saturated carbocycles. The van der Waals surface area contributed by atoms with Crippen LogP contribution in [0.4, 0.5) is 0 Å². The maximum Gasteiger partial charge on any atom is 0.0757 e. The largest absolute Gasteiger partial charge is 0.266 e. The van der Waals surface area contributed by atoms with Crippen molar-refractivity contribution in [3.05, 3.63) is 39.7 Å². The molecule has 0 spiro atoms. The van der Waals surface area contributed by atoms with Crippen molar-refractivity contribution in [2.24, 2.45) is 5.10 Å². The van der Waals surface area contributed by atoms with Crippen molar-refractivity contribution in [1.82, 2.24) is 5.01 Å². The minimum atomic E-state index is 0.740. The van der Waals surface area contributed by atoms with Crippen molar-refractivity contribution >= 4 is 23.6 Å². The maximum absolute atomic E-state index is 4.03. The molecule has 1 aromatic rings. The first-order valence-electron chi connectivity index (χ1n) is 5.52. The molecule has 92 valence electrons. The van der Waals surface area contributed by atoms with Gasteiger partial charge in [-0.25, -0.2) is 0 Å². The lowest BCUT2D eigenvalue weighted by molar-refractivity contribution is 0.365. The van der Waals surface area contributed by atoms with Crippen LogP contribution in [-0.4, -0.2) is 11.7 Å². The van der Waals surface area contributed by atoms with E-state index in [0.717, 1.165) is 17.8 Å². The first-order chi connectivity index (χ1) is 7.88. The zero-order valence-corrected chi connectivity index (χ0v) is 11.9. The van der Waals surface area contributed by atoms with E-state index < -0.39 is 0 Å². The molecule has 1 heterocycles. The Morgan fingerprint density at radius 3 is 2.24 bits per heavy atom. The van der Waals surface area contributed by atoms with Crippen LogP contribution in [0.5, 0.6) is 0 Å². The highest BCUT2D eigenvalue weighted by Gasteiger charge is 2.14. The van der Waals surface area contributed by atoms with Crippen molar-refractivity contribution in [3.63, 3.8) is 0 Å². The number of thiophene rings is 1. The average Bonchev–Trinajstić information content (AvgIpc) is 2.49. The number of hydrazone groups is 1. The van der Waals surface area contributed by atoms with Gasteiger partial charge < -0.3 is 0 Å². The SMILES string of the molecule is C=NN(Cc1sc(C)c(C(=C)C)c1C)C(=C)C. The predicted molar refractivity (Wildman–Crippen MR) is 78.4 cm³/mol. The van der Waals surface area contributed by atoms with Crippen LogP contribution in [0, 0.1) is 13.8 Å². The molecule has 17 heavy (non-hydrogen) atoms. The van der Waals surface area contributed by atoms with E-state index in [4.69, 9.17) is 0 Å². The highest BCUT2D eigenvalue weighted by atomic mass is 32.1. The fourth-order valence-electron chi connectivity index (χ4n) is 1.93. The number of aryl methyl sites for hydroxylation is 1. The van der Waals surface area contributed by atoms with Gasteiger partial charge in [0, 0.05) is 22.2 Å². The molecule has 0 saturated heterocycles. The lowest BCUT2D eigenvalue weighted by atomic mass is 10.0. The fraction of sp³-hybridized carbons (Fsp3) is 0.357. The first kappa shape index (κ1) is 13.7. The van der Waals surface area contributed by atoms with Crippen molar-refractivity contribution in [2.45, 2.75) is 34.2 Å². The standard InChI is InChI=1S/C14H20N2S/c1-9(2)14-11(5)13(17-12(14)6)8-16(15-7)10(3)4/h1,3,7-8H2,2,4-6H3. The molecule has 0 atom stereocenters. The molecule has 0 unspecified atom stereocenters. The second kappa shape index (κ2) is 5.32. The summed E-state index contributed by atoms with van der Waals surface area (Å²) in [4.78, 5) is 2.62. The van der Waals surface area contributed by atoms with Crippen molar-refractivity contribution < 1.29 is 0 Å². The van der Waals surface area contributed by atoms with E-state index in [1.165, 1.54) is 20.9 Å². The summed E-state index contributed by atoms with van der Waals surface area (Å²) in [5.41, 5.74) is 4.61. The number of nitrogens with zero attached hydrogens (tertiary/aromatic N) is 2. The summed E-state index contributed by atoms with van der Waals surface area (Å²) in [6, 6.07) is 0. The van der Waals surface area contributed by atoms with Gasteiger partial charge >= 0.3 is 0 Å². The van der Waals surface area contributed by atoms with Gasteiger partial charge in [0.2, 0.25) is 0 Å². The topological polar surface area (TPSA) is 15.6 Å². The van der Waals surface area contributed by atoms with Gasteiger partial charge in [0.1, 0.15) is 0 Å². The van der Waals surface area contributed by atoms with E-state index in [0.29, 0.717) is 0 Å². The minimum Gasteiger partial charge on any atom is -0.266 e. The van der Waals surface area contributed by atoms with Gasteiger partial charge in [0.05, 0.1) is 6.54 Å². The molecular formula is C14H20N2S. The highest BCUT2D eigenvalue weighted by molar-refractivity contribution is 7.12. The Hall–Kier alpha value is -1.35. The molecule has 0 radical (unpaired) electrons. The number of hydrogen-bond acceptors (Lipinski definition) is 3. The summed E-state index contributed by atoms with van der Waals surface area (Å²) in [6.45, 7) is 20.5. The van der Waals surface area contributed by atoms with E-state index in [1.54, 1.807) is 11.3 Å². The molecule has 0 amide bonds. The van der Waals surface area contributed by atoms with Crippen LogP contribution in [0.25, 0.3) is 5.57 Å². The normalized spacial score (nSPS) is 10.1. The number of allylic oxidation sites excluding steroid dienone is 2. The second-order valence-electron chi connectivity index (χ2n) is 4.30. The van der Waals surface area contributed by atoms with Crippen LogP contribution in [0.1, 0.15) is 34.7 Å². The van der Waals surface area contributed by atoms with E-state index in [2.05, 4.69) is 38.8 Å². The van der Waals surface area contributed by atoms with Crippen molar-refractivity contribution in [1.29, 1.82) is 0 Å². The van der Waals surface area contributed by atoms with E-state index in [1.807, 2.05) is 18.9 Å². The molecule has 0 fully saturated rings. The molecule has 1 aromatic heterocycles. The molecular weight excluding hydrogens is 228 g/mol. The first-order valence-corrected chi connectivity index (χ1v) is 6.34. The van der Waals surface area contributed by atoms with Crippen LogP contribution in [-0.2, 0) is 6.54 Å². The van der Waals surface area contributed by atoms with Crippen LogP contribution in [0.3, 0.4) is 0 Å². The summed E-state index contributed by atoms with van der Waals surface area (Å²) >= 11 is 1.80. The molecule has 0 aliphatic carbocycles. The van der Waals surface area contributed by atoms with Crippen molar-refractivity contribution in [2.75, 3.05) is 0 Å². The fourth-order valence-corrected chi connectivity index (χ4v) is 3.17. The van der Waals surface area contributed by atoms with Crippen LogP contribution in [0.2, 0.25) is 0 Å². The lowest BCUT2D eigenvalue weighted by Crippen LogP contribution is -2.12. The van der Waals surface area contributed by atoms with Gasteiger partial charge in [-0.15, -0.1) is 11.3 Å². The monoisotopic (exact) mass is 248 g/mol. The Labute approximate surface area is 108 Å². The van der Waals surface area contributed by atoms with Gasteiger partial charge in [-0.2, -0.15) is 5.10 Å². The third kappa shape index (κ3) is 2.86. The molecule has 0 aliphatic heterocycles. The minimum absolute atomic E-state index is 0.740. The van der Waals surface area contributed by atoms with Gasteiger partial charge in [-0.3, -0.25) is 5.01 Å². The molecule has 3 heteroatoms. The molecule has 0 aliphatic rings. The Bertz CT molecular complexity index is 469. The molecule has 0 aromatic carbocycles. The highest BCUT2D eigenvalue weighted by Crippen LogP contribution is 2.33. The quantitative estimate of drug-likeness (QED) is 0.559. The smallest absolute Gasteiger partial charge is 0.0757 e. The van der Waals surface area contributed by atoms with Crippen molar-refractivity contribution in [3.8, 4) is 0 Å². The van der Waals surface area contributed by atoms with Gasteiger partial charge in [-0.1, -0.05) is 13.2 Å². The summed E-state index contributed by atoms with van der Waals surface area (Å²) in [5.74, 6) is 0. The average molecular weight is 248 g/mol. The Balaban J connectivity index is 3.08. The summed E-state index contributed by atoms with van der Waals surface area (Å²) in [7, 11) is 0. The molecule has 1 rings (SSSR count). The van der Waals surface area contributed by atoms with Crippen LogP contribution < -0.4 is 0 Å². The number of rotatable bonds is 5. The Morgan fingerprint density at radius 1 is 1.29 bits per heavy atom.